The van der Waals surface area contributed by atoms with Crippen LogP contribution in [0.5, 0.6) is 0 Å². The monoisotopic (exact) mass is 830 g/mol. The molecule has 0 saturated heterocycles. The Morgan fingerprint density at radius 3 is 1.25 bits per heavy atom. The number of carbonyl (C=O) groups is 2. The zero-order valence-corrected chi connectivity index (χ0v) is 39.2. The van der Waals surface area contributed by atoms with Crippen molar-refractivity contribution in [3.05, 3.63) is 36.5 Å². The first-order valence-corrected chi connectivity index (χ1v) is 25.8. The third kappa shape index (κ3) is 45.4. The number of esters is 1. The van der Waals surface area contributed by atoms with E-state index in [1.54, 1.807) is 6.08 Å². The Morgan fingerprint density at radius 2 is 0.814 bits per heavy atom. The molecule has 0 bridgehead atoms. The molecular weight excluding hydrogens is 731 g/mol. The quantitative estimate of drug-likeness (QED) is 0.0323. The molecule has 0 heterocycles. The summed E-state index contributed by atoms with van der Waals surface area (Å²) in [6.45, 7) is 4.83. The van der Waals surface area contributed by atoms with Crippen molar-refractivity contribution >= 4 is 11.9 Å². The van der Waals surface area contributed by atoms with Crippen LogP contribution in [0, 0.1) is 0 Å². The Morgan fingerprint density at radius 1 is 0.458 bits per heavy atom. The van der Waals surface area contributed by atoms with Crippen LogP contribution in [0.25, 0.3) is 0 Å². The highest BCUT2D eigenvalue weighted by Crippen LogP contribution is 2.15. The molecular formula is C53H99NO5. The van der Waals surface area contributed by atoms with Crippen molar-refractivity contribution in [2.45, 2.75) is 276 Å². The average Bonchev–Trinajstić information content (AvgIpc) is 3.24. The zero-order chi connectivity index (χ0) is 43.0. The van der Waals surface area contributed by atoms with E-state index in [0.717, 1.165) is 51.4 Å². The topological polar surface area (TPSA) is 95.9 Å². The minimum Gasteiger partial charge on any atom is -0.466 e. The van der Waals surface area contributed by atoms with Gasteiger partial charge in [-0.3, -0.25) is 9.59 Å². The summed E-state index contributed by atoms with van der Waals surface area (Å²) in [5.74, 6) is -0.0881. The second-order valence-corrected chi connectivity index (χ2v) is 17.5. The molecule has 6 heteroatoms. The molecule has 0 aromatic heterocycles. The number of carbonyl (C=O) groups excluding carboxylic acids is 2. The fourth-order valence-corrected chi connectivity index (χ4v) is 7.61. The number of ether oxygens (including phenoxy) is 1. The van der Waals surface area contributed by atoms with E-state index in [2.05, 4.69) is 43.5 Å². The van der Waals surface area contributed by atoms with Gasteiger partial charge in [0.15, 0.2) is 0 Å². The van der Waals surface area contributed by atoms with E-state index >= 15 is 0 Å². The van der Waals surface area contributed by atoms with Crippen LogP contribution in [0.15, 0.2) is 36.5 Å². The van der Waals surface area contributed by atoms with Crippen LogP contribution in [-0.2, 0) is 14.3 Å². The number of rotatable bonds is 47. The SMILES string of the molecule is CCCC/C=C\CCCCCCCC(=O)OCCCCCCCCCC/C=C\CCCCCCCCCC(=O)NC(CO)C(O)/C=C/CCCCCCCCCCCC. The van der Waals surface area contributed by atoms with E-state index in [0.29, 0.717) is 19.4 Å². The standard InChI is InChI=1S/C53H99NO5/c1-3-5-7-9-11-13-15-26-29-33-37-41-45-51(56)50(49-55)54-52(57)46-42-38-34-30-27-23-21-19-17-16-18-20-22-24-28-32-36-40-44-48-59-53(58)47-43-39-35-31-25-14-12-10-8-6-4-2/h10,12,16-17,41,45,50-51,55-56H,3-9,11,13-15,18-40,42-44,46-49H2,1-2H3,(H,54,57)/b12-10-,17-16-,45-41+. The Balaban J connectivity index is 3.48. The second kappa shape index (κ2) is 48.7. The molecule has 0 spiro atoms. The molecule has 0 radical (unpaired) electrons. The van der Waals surface area contributed by atoms with Crippen molar-refractivity contribution in [1.29, 1.82) is 0 Å². The largest absolute Gasteiger partial charge is 0.466 e. The number of nitrogens with one attached hydrogen (secondary N) is 1. The van der Waals surface area contributed by atoms with Gasteiger partial charge in [-0.1, -0.05) is 211 Å². The molecule has 0 fully saturated rings. The van der Waals surface area contributed by atoms with Crippen LogP contribution < -0.4 is 5.32 Å². The van der Waals surface area contributed by atoms with Crippen LogP contribution in [0.3, 0.4) is 0 Å². The first-order valence-electron chi connectivity index (χ1n) is 25.8. The number of unbranched alkanes of at least 4 members (excludes halogenated alkanes) is 32. The maximum Gasteiger partial charge on any atom is 0.305 e. The number of aliphatic hydroxyl groups excluding tert-OH is 2. The van der Waals surface area contributed by atoms with E-state index < -0.39 is 12.1 Å². The van der Waals surface area contributed by atoms with Crippen LogP contribution in [0.1, 0.15) is 264 Å². The summed E-state index contributed by atoms with van der Waals surface area (Å²) in [5, 5.41) is 23.0. The molecule has 0 aliphatic carbocycles. The third-order valence-corrected chi connectivity index (χ3v) is 11.6. The van der Waals surface area contributed by atoms with Gasteiger partial charge in [0.1, 0.15) is 0 Å². The molecule has 1 amide bonds. The number of hydrogen-bond acceptors (Lipinski definition) is 5. The Kier molecular flexibility index (Phi) is 47.2. The first-order chi connectivity index (χ1) is 29.0. The molecule has 2 unspecified atom stereocenters. The summed E-state index contributed by atoms with van der Waals surface area (Å²) in [7, 11) is 0. The molecule has 6 nitrogen and oxygen atoms in total. The molecule has 2 atom stereocenters. The molecule has 0 aromatic carbocycles. The fraction of sp³-hybridized carbons (Fsp3) is 0.849. The number of amides is 1. The smallest absolute Gasteiger partial charge is 0.305 e. The van der Waals surface area contributed by atoms with Gasteiger partial charge in [-0.05, 0) is 77.0 Å². The molecule has 0 aromatic rings. The number of hydrogen-bond donors (Lipinski definition) is 3. The molecule has 0 saturated carbocycles. The molecule has 346 valence electrons. The predicted molar refractivity (Wildman–Crippen MR) is 255 cm³/mol. The number of allylic oxidation sites excluding steroid dienone is 5. The van der Waals surface area contributed by atoms with Crippen molar-refractivity contribution < 1.29 is 24.5 Å². The number of aliphatic hydroxyl groups is 2. The highest BCUT2D eigenvalue weighted by molar-refractivity contribution is 5.76. The Bertz CT molecular complexity index is 962. The minimum absolute atomic E-state index is 0.00873. The van der Waals surface area contributed by atoms with E-state index in [4.69, 9.17) is 4.74 Å². The van der Waals surface area contributed by atoms with E-state index in [9.17, 15) is 19.8 Å². The third-order valence-electron chi connectivity index (χ3n) is 11.6. The molecule has 59 heavy (non-hydrogen) atoms. The summed E-state index contributed by atoms with van der Waals surface area (Å²) in [6.07, 6.45) is 58.6. The zero-order valence-electron chi connectivity index (χ0n) is 39.2. The predicted octanol–water partition coefficient (Wildman–Crippen LogP) is 15.3. The molecule has 3 N–H and O–H groups in total. The average molecular weight is 830 g/mol. The lowest BCUT2D eigenvalue weighted by Crippen LogP contribution is -2.45. The van der Waals surface area contributed by atoms with Gasteiger partial charge >= 0.3 is 5.97 Å². The van der Waals surface area contributed by atoms with Crippen molar-refractivity contribution in [2.75, 3.05) is 13.2 Å². The molecule has 0 aliphatic rings. The van der Waals surface area contributed by atoms with Gasteiger partial charge in [0, 0.05) is 12.8 Å². The fourth-order valence-electron chi connectivity index (χ4n) is 7.61. The van der Waals surface area contributed by atoms with Gasteiger partial charge in [-0.25, -0.2) is 0 Å². The van der Waals surface area contributed by atoms with Crippen LogP contribution >= 0.6 is 0 Å². The lowest BCUT2D eigenvalue weighted by Gasteiger charge is -2.20. The summed E-state index contributed by atoms with van der Waals surface area (Å²) in [5.41, 5.74) is 0. The van der Waals surface area contributed by atoms with Gasteiger partial charge in [0.2, 0.25) is 5.91 Å². The molecule has 0 aliphatic heterocycles. The van der Waals surface area contributed by atoms with Crippen LogP contribution in [0.2, 0.25) is 0 Å². The Labute approximate surface area is 366 Å². The van der Waals surface area contributed by atoms with Gasteiger partial charge in [0.25, 0.3) is 0 Å². The maximum atomic E-state index is 12.4. The van der Waals surface area contributed by atoms with Crippen molar-refractivity contribution in [2.24, 2.45) is 0 Å². The summed E-state index contributed by atoms with van der Waals surface area (Å²) in [6, 6.07) is -0.634. The summed E-state index contributed by atoms with van der Waals surface area (Å²) < 4.78 is 5.44. The van der Waals surface area contributed by atoms with Gasteiger partial charge in [-0.2, -0.15) is 0 Å². The Hall–Kier alpha value is -1.92. The van der Waals surface area contributed by atoms with E-state index in [1.165, 1.54) is 186 Å². The highest BCUT2D eigenvalue weighted by atomic mass is 16.5. The normalized spacial score (nSPS) is 12.9. The van der Waals surface area contributed by atoms with E-state index in [-0.39, 0.29) is 18.5 Å². The van der Waals surface area contributed by atoms with Crippen LogP contribution in [-0.4, -0.2) is 47.4 Å². The lowest BCUT2D eigenvalue weighted by molar-refractivity contribution is -0.143. The van der Waals surface area contributed by atoms with Crippen LogP contribution in [0.4, 0.5) is 0 Å². The van der Waals surface area contributed by atoms with E-state index in [1.807, 2.05) is 6.08 Å². The second-order valence-electron chi connectivity index (χ2n) is 17.5. The van der Waals surface area contributed by atoms with Gasteiger partial charge < -0.3 is 20.3 Å². The summed E-state index contributed by atoms with van der Waals surface area (Å²) >= 11 is 0. The minimum atomic E-state index is -0.849. The molecule has 0 rings (SSSR count). The van der Waals surface area contributed by atoms with Crippen molar-refractivity contribution in [3.8, 4) is 0 Å². The summed E-state index contributed by atoms with van der Waals surface area (Å²) in [4.78, 5) is 24.4. The van der Waals surface area contributed by atoms with Crippen molar-refractivity contribution in [3.63, 3.8) is 0 Å². The van der Waals surface area contributed by atoms with Crippen molar-refractivity contribution in [1.82, 2.24) is 5.32 Å². The maximum absolute atomic E-state index is 12.4. The van der Waals surface area contributed by atoms with Gasteiger partial charge in [-0.15, -0.1) is 0 Å². The first kappa shape index (κ1) is 57.1. The lowest BCUT2D eigenvalue weighted by atomic mass is 10.0. The highest BCUT2D eigenvalue weighted by Gasteiger charge is 2.18. The van der Waals surface area contributed by atoms with Gasteiger partial charge in [0.05, 0.1) is 25.4 Å².